The largest absolute Gasteiger partial charge is 0.542 e. The molecule has 33 heavy (non-hydrogen) atoms. The Morgan fingerprint density at radius 2 is 1.55 bits per heavy atom. The molecule has 0 fully saturated rings. The number of ether oxygens (including phenoxy) is 2. The van der Waals surface area contributed by atoms with Gasteiger partial charge in [-0.1, -0.05) is 59.7 Å². The van der Waals surface area contributed by atoms with Crippen LogP contribution in [0.3, 0.4) is 0 Å². The molecular formula is C26H32O6Si. The van der Waals surface area contributed by atoms with Crippen LogP contribution in [-0.4, -0.2) is 14.5 Å². The van der Waals surface area contributed by atoms with Crippen molar-refractivity contribution in [1.82, 2.24) is 0 Å². The van der Waals surface area contributed by atoms with Gasteiger partial charge in [-0.15, -0.1) is 0 Å². The van der Waals surface area contributed by atoms with Crippen molar-refractivity contribution in [2.24, 2.45) is 0 Å². The molecule has 7 heteroatoms. The summed E-state index contributed by atoms with van der Waals surface area (Å²) < 4.78 is 22.6. The number of fused-ring (bicyclic) bond motifs is 1. The van der Waals surface area contributed by atoms with Crippen LogP contribution in [0.5, 0.6) is 11.5 Å². The van der Waals surface area contributed by atoms with E-state index >= 15 is 0 Å². The van der Waals surface area contributed by atoms with Crippen molar-refractivity contribution in [3.63, 3.8) is 0 Å². The predicted molar refractivity (Wildman–Crippen MR) is 131 cm³/mol. The summed E-state index contributed by atoms with van der Waals surface area (Å²) in [6, 6.07) is 15.5. The maximum Gasteiger partial charge on any atom is 0.514 e. The Morgan fingerprint density at radius 3 is 2.21 bits per heavy atom. The Morgan fingerprint density at radius 1 is 0.909 bits per heavy atom. The zero-order valence-corrected chi connectivity index (χ0v) is 21.1. The van der Waals surface area contributed by atoms with E-state index in [2.05, 4.69) is 41.5 Å². The second-order valence-electron chi connectivity index (χ2n) is 9.12. The standard InChI is InChI=1S/C26H32O6Si/c1-17(2)33(18(3)4,19(5)6)32-23-10-8-7-9-21(23)16-29-26(28)30-22-13-11-20-12-14-25(27)31-24(20)15-22/h7-15,17-19H,16H2,1-6H3. The molecule has 3 aromatic rings. The first-order valence-corrected chi connectivity index (χ1v) is 13.4. The second-order valence-corrected chi connectivity index (χ2v) is 14.5. The van der Waals surface area contributed by atoms with Crippen molar-refractivity contribution < 1.29 is 23.1 Å². The van der Waals surface area contributed by atoms with Crippen molar-refractivity contribution >= 4 is 25.4 Å². The lowest BCUT2D eigenvalue weighted by Crippen LogP contribution is -2.50. The molecule has 0 aliphatic rings. The predicted octanol–water partition coefficient (Wildman–Crippen LogP) is 7.06. The summed E-state index contributed by atoms with van der Waals surface area (Å²) in [5.41, 5.74) is 1.92. The fourth-order valence-corrected chi connectivity index (χ4v) is 9.92. The van der Waals surface area contributed by atoms with Gasteiger partial charge in [-0.25, -0.2) is 9.59 Å². The fraction of sp³-hybridized carbons (Fsp3) is 0.385. The first-order valence-electron chi connectivity index (χ1n) is 11.3. The number of rotatable bonds is 8. The Balaban J connectivity index is 1.73. The summed E-state index contributed by atoms with van der Waals surface area (Å²) in [5.74, 6) is 0.984. The van der Waals surface area contributed by atoms with Crippen LogP contribution in [0.2, 0.25) is 16.6 Å². The second kappa shape index (κ2) is 10.3. The third-order valence-corrected chi connectivity index (χ3v) is 12.1. The lowest BCUT2D eigenvalue weighted by Gasteiger charge is -2.42. The number of hydrogen-bond acceptors (Lipinski definition) is 6. The monoisotopic (exact) mass is 468 g/mol. The average molecular weight is 469 g/mol. The molecule has 0 unspecified atom stereocenters. The highest BCUT2D eigenvalue weighted by Gasteiger charge is 2.47. The SMILES string of the molecule is CC(C)[Si](Oc1ccccc1COC(=O)Oc1ccc2ccc(=O)oc2c1)(C(C)C)C(C)C. The molecule has 0 amide bonds. The molecule has 0 aliphatic heterocycles. The summed E-state index contributed by atoms with van der Waals surface area (Å²) >= 11 is 0. The quantitative estimate of drug-likeness (QED) is 0.152. The lowest BCUT2D eigenvalue weighted by molar-refractivity contribution is 0.0923. The van der Waals surface area contributed by atoms with Gasteiger partial charge in [0.15, 0.2) is 0 Å². The summed E-state index contributed by atoms with van der Waals surface area (Å²) in [5, 5.41) is 0.731. The van der Waals surface area contributed by atoms with Gasteiger partial charge >= 0.3 is 11.8 Å². The van der Waals surface area contributed by atoms with Gasteiger partial charge in [0.05, 0.1) is 0 Å². The van der Waals surface area contributed by atoms with Crippen molar-refractivity contribution in [2.45, 2.75) is 64.8 Å². The number of hydrogen-bond donors (Lipinski definition) is 0. The van der Waals surface area contributed by atoms with Crippen LogP contribution in [0.25, 0.3) is 11.0 Å². The highest BCUT2D eigenvalue weighted by molar-refractivity contribution is 6.78. The molecule has 3 rings (SSSR count). The van der Waals surface area contributed by atoms with Crippen LogP contribution >= 0.6 is 0 Å². The molecular weight excluding hydrogens is 436 g/mol. The van der Waals surface area contributed by atoms with Gasteiger partial charge in [0.25, 0.3) is 8.32 Å². The zero-order chi connectivity index (χ0) is 24.2. The molecule has 0 saturated carbocycles. The van der Waals surface area contributed by atoms with Crippen molar-refractivity contribution in [3.8, 4) is 11.5 Å². The van der Waals surface area contributed by atoms with Crippen LogP contribution in [0.1, 0.15) is 47.1 Å². The van der Waals surface area contributed by atoms with Gasteiger partial charge in [-0.3, -0.25) is 0 Å². The maximum absolute atomic E-state index is 12.3. The molecule has 1 aromatic heterocycles. The Bertz CT molecular complexity index is 1140. The molecule has 6 nitrogen and oxygen atoms in total. The van der Waals surface area contributed by atoms with E-state index in [1.807, 2.05) is 24.3 Å². The van der Waals surface area contributed by atoms with Gasteiger partial charge in [-0.05, 0) is 40.9 Å². The Hall–Kier alpha value is -3.06. The molecule has 0 N–H and O–H groups in total. The third kappa shape index (κ3) is 5.47. The summed E-state index contributed by atoms with van der Waals surface area (Å²) in [6.07, 6.45) is -0.845. The number of carbonyl (C=O) groups is 1. The summed E-state index contributed by atoms with van der Waals surface area (Å²) in [7, 11) is -2.16. The molecule has 176 valence electrons. The Kier molecular flexibility index (Phi) is 7.63. The molecule has 1 heterocycles. The van der Waals surface area contributed by atoms with E-state index in [0.717, 1.165) is 16.7 Å². The van der Waals surface area contributed by atoms with E-state index in [-0.39, 0.29) is 12.4 Å². The summed E-state index contributed by atoms with van der Waals surface area (Å²) in [6.45, 7) is 13.4. The van der Waals surface area contributed by atoms with Gasteiger partial charge in [0.1, 0.15) is 23.7 Å². The molecule has 0 bridgehead atoms. The smallest absolute Gasteiger partial charge is 0.514 e. The van der Waals surface area contributed by atoms with E-state index in [0.29, 0.717) is 22.2 Å². The van der Waals surface area contributed by atoms with Gasteiger partial charge in [-0.2, -0.15) is 0 Å². The Labute approximate surface area is 195 Å². The number of carbonyl (C=O) groups excluding carboxylic acids is 1. The normalized spacial score (nSPS) is 11.9. The number of benzene rings is 2. The van der Waals surface area contributed by atoms with Crippen molar-refractivity contribution in [2.75, 3.05) is 0 Å². The molecule has 0 radical (unpaired) electrons. The molecule has 0 saturated heterocycles. The van der Waals surface area contributed by atoms with Gasteiger partial charge < -0.3 is 18.3 Å². The van der Waals surface area contributed by atoms with Crippen LogP contribution in [0.15, 0.2) is 63.8 Å². The molecule has 0 spiro atoms. The lowest BCUT2D eigenvalue weighted by atomic mass is 10.2. The van der Waals surface area contributed by atoms with Gasteiger partial charge in [0.2, 0.25) is 0 Å². The van der Waals surface area contributed by atoms with Gasteiger partial charge in [0, 0.05) is 23.1 Å². The maximum atomic E-state index is 12.3. The highest BCUT2D eigenvalue weighted by atomic mass is 28.4. The fourth-order valence-electron chi connectivity index (χ4n) is 4.63. The van der Waals surface area contributed by atoms with E-state index in [1.165, 1.54) is 12.1 Å². The van der Waals surface area contributed by atoms with Crippen LogP contribution in [0.4, 0.5) is 4.79 Å². The minimum Gasteiger partial charge on any atom is -0.542 e. The topological polar surface area (TPSA) is 75.0 Å². The van der Waals surface area contributed by atoms with E-state index < -0.39 is 20.1 Å². The number of para-hydroxylation sites is 1. The first-order chi connectivity index (χ1) is 15.6. The third-order valence-electron chi connectivity index (χ3n) is 6.11. The minimum atomic E-state index is -2.16. The minimum absolute atomic E-state index is 0.0242. The zero-order valence-electron chi connectivity index (χ0n) is 20.1. The molecule has 0 atom stereocenters. The molecule has 2 aromatic carbocycles. The van der Waals surface area contributed by atoms with Crippen LogP contribution < -0.4 is 14.8 Å². The van der Waals surface area contributed by atoms with E-state index in [4.69, 9.17) is 18.3 Å². The van der Waals surface area contributed by atoms with Crippen LogP contribution in [0, 0.1) is 0 Å². The molecule has 0 aliphatic carbocycles. The van der Waals surface area contributed by atoms with E-state index in [1.54, 1.807) is 18.2 Å². The summed E-state index contributed by atoms with van der Waals surface area (Å²) in [4.78, 5) is 23.8. The average Bonchev–Trinajstić information content (AvgIpc) is 2.75. The van der Waals surface area contributed by atoms with Crippen molar-refractivity contribution in [1.29, 1.82) is 0 Å². The highest BCUT2D eigenvalue weighted by Crippen LogP contribution is 2.43. The van der Waals surface area contributed by atoms with E-state index in [9.17, 15) is 9.59 Å². The van der Waals surface area contributed by atoms with Crippen LogP contribution in [-0.2, 0) is 11.3 Å². The first kappa shape index (κ1) is 24.6. The van der Waals surface area contributed by atoms with Crippen molar-refractivity contribution in [3.05, 3.63) is 70.6 Å².